The van der Waals surface area contributed by atoms with Crippen LogP contribution in [0.2, 0.25) is 0 Å². The van der Waals surface area contributed by atoms with E-state index in [9.17, 15) is 4.79 Å². The third-order valence-electron chi connectivity index (χ3n) is 1.91. The molecule has 0 saturated carbocycles. The standard InChI is InChI=1S/C9H15NOS/c1-4-9(11)10-5-7(2)12-8(3)6-10/h4,7-8H,1,5-6H2,2-3H3. The van der Waals surface area contributed by atoms with Crippen molar-refractivity contribution in [1.29, 1.82) is 0 Å². The number of amides is 1. The van der Waals surface area contributed by atoms with Crippen LogP contribution in [-0.2, 0) is 4.79 Å². The Balaban J connectivity index is 2.54. The van der Waals surface area contributed by atoms with Crippen LogP contribution < -0.4 is 0 Å². The summed E-state index contributed by atoms with van der Waals surface area (Å²) in [6.07, 6.45) is 1.40. The van der Waals surface area contributed by atoms with Gasteiger partial charge >= 0.3 is 0 Å². The zero-order chi connectivity index (χ0) is 9.14. The van der Waals surface area contributed by atoms with E-state index in [0.29, 0.717) is 10.5 Å². The molecule has 1 fully saturated rings. The third-order valence-corrected chi connectivity index (χ3v) is 3.13. The molecule has 2 nitrogen and oxygen atoms in total. The normalized spacial score (nSPS) is 30.0. The first-order chi connectivity index (χ1) is 5.63. The lowest BCUT2D eigenvalue weighted by Gasteiger charge is -2.33. The number of hydrogen-bond donors (Lipinski definition) is 0. The molecule has 1 aliphatic heterocycles. The fourth-order valence-corrected chi connectivity index (χ4v) is 2.81. The maximum absolute atomic E-state index is 11.3. The average molecular weight is 185 g/mol. The summed E-state index contributed by atoms with van der Waals surface area (Å²) in [6.45, 7) is 9.52. The largest absolute Gasteiger partial charge is 0.337 e. The second kappa shape index (κ2) is 3.99. The molecule has 1 saturated heterocycles. The van der Waals surface area contributed by atoms with E-state index in [-0.39, 0.29) is 5.91 Å². The number of hydrogen-bond acceptors (Lipinski definition) is 2. The minimum absolute atomic E-state index is 0.0639. The molecule has 0 aromatic heterocycles. The van der Waals surface area contributed by atoms with E-state index >= 15 is 0 Å². The van der Waals surface area contributed by atoms with Crippen LogP contribution in [0.25, 0.3) is 0 Å². The zero-order valence-corrected chi connectivity index (χ0v) is 8.43. The molecular formula is C9H15NOS. The third kappa shape index (κ3) is 2.27. The van der Waals surface area contributed by atoms with Crippen molar-refractivity contribution in [2.75, 3.05) is 13.1 Å². The SMILES string of the molecule is C=CC(=O)N1CC(C)SC(C)C1. The maximum atomic E-state index is 11.3. The molecule has 1 heterocycles. The van der Waals surface area contributed by atoms with Crippen LogP contribution in [0.1, 0.15) is 13.8 Å². The van der Waals surface area contributed by atoms with Crippen molar-refractivity contribution in [3.63, 3.8) is 0 Å². The van der Waals surface area contributed by atoms with Gasteiger partial charge in [0.15, 0.2) is 0 Å². The second-order valence-electron chi connectivity index (χ2n) is 3.20. The summed E-state index contributed by atoms with van der Waals surface area (Å²) in [7, 11) is 0. The number of rotatable bonds is 1. The van der Waals surface area contributed by atoms with Crippen molar-refractivity contribution >= 4 is 17.7 Å². The predicted octanol–water partition coefficient (Wildman–Crippen LogP) is 1.52. The topological polar surface area (TPSA) is 20.3 Å². The van der Waals surface area contributed by atoms with Crippen LogP contribution >= 0.6 is 11.8 Å². The molecule has 68 valence electrons. The van der Waals surface area contributed by atoms with Gasteiger partial charge in [0.25, 0.3) is 0 Å². The molecule has 0 radical (unpaired) electrons. The Morgan fingerprint density at radius 3 is 2.42 bits per heavy atom. The van der Waals surface area contributed by atoms with E-state index in [4.69, 9.17) is 0 Å². The number of carbonyl (C=O) groups excluding carboxylic acids is 1. The molecule has 0 aliphatic carbocycles. The van der Waals surface area contributed by atoms with Crippen LogP contribution in [-0.4, -0.2) is 34.4 Å². The van der Waals surface area contributed by atoms with Gasteiger partial charge in [-0.05, 0) is 6.08 Å². The van der Waals surface area contributed by atoms with E-state index in [1.54, 1.807) is 0 Å². The fraction of sp³-hybridized carbons (Fsp3) is 0.667. The molecule has 3 heteroatoms. The van der Waals surface area contributed by atoms with E-state index in [2.05, 4.69) is 20.4 Å². The highest BCUT2D eigenvalue weighted by atomic mass is 32.2. The number of nitrogens with zero attached hydrogens (tertiary/aromatic N) is 1. The minimum Gasteiger partial charge on any atom is -0.337 e. The van der Waals surface area contributed by atoms with Crippen LogP contribution in [0.15, 0.2) is 12.7 Å². The van der Waals surface area contributed by atoms with Crippen LogP contribution in [0.4, 0.5) is 0 Å². The first kappa shape index (κ1) is 9.65. The summed E-state index contributed by atoms with van der Waals surface area (Å²) in [4.78, 5) is 13.1. The van der Waals surface area contributed by atoms with E-state index < -0.39 is 0 Å². The van der Waals surface area contributed by atoms with Crippen molar-refractivity contribution in [1.82, 2.24) is 4.90 Å². The van der Waals surface area contributed by atoms with Gasteiger partial charge in [0.2, 0.25) is 5.91 Å². The van der Waals surface area contributed by atoms with Gasteiger partial charge < -0.3 is 4.90 Å². The van der Waals surface area contributed by atoms with Crippen molar-refractivity contribution < 1.29 is 4.79 Å². The van der Waals surface area contributed by atoms with Gasteiger partial charge in [-0.1, -0.05) is 20.4 Å². The minimum atomic E-state index is 0.0639. The Morgan fingerprint density at radius 1 is 1.50 bits per heavy atom. The molecule has 1 rings (SSSR count). The smallest absolute Gasteiger partial charge is 0.246 e. The molecule has 0 bridgehead atoms. The molecule has 1 amide bonds. The Labute approximate surface area is 78.0 Å². The number of carbonyl (C=O) groups is 1. The summed E-state index contributed by atoms with van der Waals surface area (Å²) in [5.74, 6) is 0.0639. The van der Waals surface area contributed by atoms with Gasteiger partial charge in [-0.15, -0.1) is 0 Å². The summed E-state index contributed by atoms with van der Waals surface area (Å²) in [5, 5.41) is 1.11. The molecule has 2 atom stereocenters. The van der Waals surface area contributed by atoms with Gasteiger partial charge in [0, 0.05) is 23.6 Å². The van der Waals surface area contributed by atoms with E-state index in [1.165, 1.54) is 6.08 Å². The highest BCUT2D eigenvalue weighted by Gasteiger charge is 2.23. The molecule has 12 heavy (non-hydrogen) atoms. The average Bonchev–Trinajstić information content (AvgIpc) is 2.01. The molecule has 1 aliphatic rings. The Morgan fingerprint density at radius 2 is 2.00 bits per heavy atom. The molecule has 0 N–H and O–H groups in total. The lowest BCUT2D eigenvalue weighted by Crippen LogP contribution is -2.43. The summed E-state index contributed by atoms with van der Waals surface area (Å²) >= 11 is 1.94. The Kier molecular flexibility index (Phi) is 3.20. The first-order valence-electron chi connectivity index (χ1n) is 4.20. The molecular weight excluding hydrogens is 170 g/mol. The monoisotopic (exact) mass is 185 g/mol. The summed E-state index contributed by atoms with van der Waals surface area (Å²) < 4.78 is 0. The van der Waals surface area contributed by atoms with Gasteiger partial charge in [-0.2, -0.15) is 11.8 Å². The van der Waals surface area contributed by atoms with Gasteiger partial charge in [-0.25, -0.2) is 0 Å². The Bertz CT molecular complexity index is 183. The van der Waals surface area contributed by atoms with Crippen molar-refractivity contribution in [2.45, 2.75) is 24.3 Å². The lowest BCUT2D eigenvalue weighted by atomic mass is 10.3. The van der Waals surface area contributed by atoms with Crippen molar-refractivity contribution in [3.05, 3.63) is 12.7 Å². The first-order valence-corrected chi connectivity index (χ1v) is 5.14. The highest BCUT2D eigenvalue weighted by molar-refractivity contribution is 8.00. The molecule has 2 unspecified atom stereocenters. The van der Waals surface area contributed by atoms with Gasteiger partial charge in [-0.3, -0.25) is 4.79 Å². The highest BCUT2D eigenvalue weighted by Crippen LogP contribution is 2.24. The fourth-order valence-electron chi connectivity index (χ4n) is 1.49. The lowest BCUT2D eigenvalue weighted by molar-refractivity contribution is -0.126. The number of thioether (sulfide) groups is 1. The maximum Gasteiger partial charge on any atom is 0.246 e. The van der Waals surface area contributed by atoms with Crippen LogP contribution in [0, 0.1) is 0 Å². The van der Waals surface area contributed by atoms with E-state index in [1.807, 2.05) is 16.7 Å². The van der Waals surface area contributed by atoms with Crippen LogP contribution in [0.3, 0.4) is 0 Å². The van der Waals surface area contributed by atoms with Crippen molar-refractivity contribution in [3.8, 4) is 0 Å². The van der Waals surface area contributed by atoms with E-state index in [0.717, 1.165) is 13.1 Å². The second-order valence-corrected chi connectivity index (χ2v) is 5.09. The summed E-state index contributed by atoms with van der Waals surface area (Å²) in [6, 6.07) is 0. The van der Waals surface area contributed by atoms with Crippen molar-refractivity contribution in [2.24, 2.45) is 0 Å². The van der Waals surface area contributed by atoms with Gasteiger partial charge in [0.1, 0.15) is 0 Å². The quantitative estimate of drug-likeness (QED) is 0.577. The Hall–Kier alpha value is -0.440. The van der Waals surface area contributed by atoms with Crippen LogP contribution in [0.5, 0.6) is 0 Å². The predicted molar refractivity (Wildman–Crippen MR) is 53.3 cm³/mol. The van der Waals surface area contributed by atoms with Gasteiger partial charge in [0.05, 0.1) is 0 Å². The molecule has 0 aromatic carbocycles. The molecule has 0 spiro atoms. The zero-order valence-electron chi connectivity index (χ0n) is 7.62. The molecule has 0 aromatic rings. The summed E-state index contributed by atoms with van der Waals surface area (Å²) in [5.41, 5.74) is 0.